The molecule has 1 aromatic rings. The first kappa shape index (κ1) is 18.7. The van der Waals surface area contributed by atoms with E-state index in [1.807, 2.05) is 6.92 Å². The van der Waals surface area contributed by atoms with Crippen LogP contribution in [0.4, 0.5) is 0 Å². The van der Waals surface area contributed by atoms with Gasteiger partial charge in [0, 0.05) is 6.54 Å². The molecular weight excluding hydrogens is 394 g/mol. The summed E-state index contributed by atoms with van der Waals surface area (Å²) >= 11 is 14.4. The Balaban J connectivity index is 2.74. The van der Waals surface area contributed by atoms with Crippen molar-refractivity contribution in [2.24, 2.45) is 5.10 Å². The summed E-state index contributed by atoms with van der Waals surface area (Å²) in [7, 11) is 1.28. The number of rotatable bonds is 6. The Kier molecular flexibility index (Phi) is 8.15. The van der Waals surface area contributed by atoms with Crippen LogP contribution >= 0.6 is 39.7 Å². The van der Waals surface area contributed by atoms with Crippen molar-refractivity contribution >= 4 is 57.0 Å². The van der Waals surface area contributed by atoms with Crippen molar-refractivity contribution in [3.63, 3.8) is 0 Å². The molecule has 0 saturated heterocycles. The molecule has 0 aliphatic carbocycles. The van der Waals surface area contributed by atoms with Gasteiger partial charge in [-0.05, 0) is 52.8 Å². The van der Waals surface area contributed by atoms with Crippen LogP contribution in [0.25, 0.3) is 0 Å². The van der Waals surface area contributed by atoms with E-state index in [1.165, 1.54) is 7.11 Å². The monoisotopic (exact) mass is 407 g/mol. The van der Waals surface area contributed by atoms with E-state index in [1.54, 1.807) is 18.3 Å². The van der Waals surface area contributed by atoms with Crippen LogP contribution < -0.4 is 15.5 Å². The topological polar surface area (TPSA) is 72.0 Å². The highest BCUT2D eigenvalue weighted by Crippen LogP contribution is 2.34. The van der Waals surface area contributed by atoms with E-state index in [2.05, 4.69) is 36.5 Å². The lowest BCUT2D eigenvalue weighted by Crippen LogP contribution is -2.31. The van der Waals surface area contributed by atoms with Gasteiger partial charge in [0.1, 0.15) is 0 Å². The first-order valence-electron chi connectivity index (χ1n) is 6.23. The highest BCUT2D eigenvalue weighted by molar-refractivity contribution is 9.10. The maximum absolute atomic E-state index is 11.1. The van der Waals surface area contributed by atoms with E-state index in [9.17, 15) is 4.79 Å². The number of hydrogen-bond donors (Lipinski definition) is 2. The predicted molar refractivity (Wildman–Crippen MR) is 93.7 cm³/mol. The third kappa shape index (κ3) is 6.17. The van der Waals surface area contributed by atoms with Gasteiger partial charge in [-0.25, -0.2) is 4.79 Å². The molecule has 0 saturated carbocycles. The van der Waals surface area contributed by atoms with E-state index < -0.39 is 5.97 Å². The second-order valence-corrected chi connectivity index (χ2v) is 5.58. The summed E-state index contributed by atoms with van der Waals surface area (Å²) in [6.07, 6.45) is 1.56. The lowest BCUT2D eigenvalue weighted by molar-refractivity contribution is -0.142. The zero-order valence-electron chi connectivity index (χ0n) is 12.0. The van der Waals surface area contributed by atoms with Crippen molar-refractivity contribution in [1.29, 1.82) is 0 Å². The number of hydrazone groups is 1. The third-order valence-electron chi connectivity index (χ3n) is 2.30. The summed E-state index contributed by atoms with van der Waals surface area (Å²) in [5.74, 6) is -0.130. The number of nitrogens with one attached hydrogen (secondary N) is 2. The number of nitrogens with zero attached hydrogens (tertiary/aromatic N) is 1. The molecule has 22 heavy (non-hydrogen) atoms. The van der Waals surface area contributed by atoms with Crippen molar-refractivity contribution in [1.82, 2.24) is 10.7 Å². The Morgan fingerprint density at radius 1 is 1.55 bits per heavy atom. The molecule has 0 heterocycles. The Hall–Kier alpha value is -1.38. The Morgan fingerprint density at radius 3 is 2.86 bits per heavy atom. The maximum Gasteiger partial charge on any atom is 0.343 e. The quantitative estimate of drug-likeness (QED) is 0.326. The molecule has 1 rings (SSSR count). The number of methoxy groups -OCH3 is 1. The lowest BCUT2D eigenvalue weighted by atomic mass is 10.2. The molecule has 120 valence electrons. The SMILES string of the molecule is CCNC(=S)N/N=C\c1cc(Cl)c(OCC(=O)OC)c(Br)c1. The van der Waals surface area contributed by atoms with Crippen LogP contribution in [-0.4, -0.2) is 37.6 Å². The van der Waals surface area contributed by atoms with Gasteiger partial charge in [-0.15, -0.1) is 0 Å². The van der Waals surface area contributed by atoms with E-state index in [4.69, 9.17) is 28.6 Å². The van der Waals surface area contributed by atoms with Crippen molar-refractivity contribution in [2.75, 3.05) is 20.3 Å². The molecule has 0 radical (unpaired) electrons. The summed E-state index contributed by atoms with van der Waals surface area (Å²) in [4.78, 5) is 11.1. The minimum atomic E-state index is -0.491. The number of carbonyl (C=O) groups is 1. The first-order valence-corrected chi connectivity index (χ1v) is 7.81. The minimum Gasteiger partial charge on any atom is -0.479 e. The van der Waals surface area contributed by atoms with Gasteiger partial charge >= 0.3 is 5.97 Å². The second-order valence-electron chi connectivity index (χ2n) is 3.91. The van der Waals surface area contributed by atoms with E-state index in [0.29, 0.717) is 26.9 Å². The Labute approximate surface area is 147 Å². The van der Waals surface area contributed by atoms with E-state index in [-0.39, 0.29) is 6.61 Å². The fourth-order valence-electron chi connectivity index (χ4n) is 1.35. The summed E-state index contributed by atoms with van der Waals surface area (Å²) < 4.78 is 10.4. The fraction of sp³-hybridized carbons (Fsp3) is 0.308. The van der Waals surface area contributed by atoms with Crippen LogP contribution in [0, 0.1) is 0 Å². The van der Waals surface area contributed by atoms with Crippen LogP contribution in [0.1, 0.15) is 12.5 Å². The zero-order chi connectivity index (χ0) is 16.5. The van der Waals surface area contributed by atoms with Gasteiger partial charge in [-0.1, -0.05) is 11.6 Å². The average Bonchev–Trinajstić information content (AvgIpc) is 2.46. The van der Waals surface area contributed by atoms with Crippen LogP contribution in [-0.2, 0) is 9.53 Å². The molecule has 0 aliphatic heterocycles. The van der Waals surface area contributed by atoms with Gasteiger partial charge in [-0.2, -0.15) is 5.10 Å². The van der Waals surface area contributed by atoms with E-state index in [0.717, 1.165) is 5.56 Å². The molecule has 6 nitrogen and oxygen atoms in total. The molecule has 1 aromatic carbocycles. The molecule has 0 aliphatic rings. The Morgan fingerprint density at radius 2 is 2.27 bits per heavy atom. The first-order chi connectivity index (χ1) is 10.5. The van der Waals surface area contributed by atoms with Crippen molar-refractivity contribution in [3.05, 3.63) is 27.2 Å². The number of carbonyl (C=O) groups excluding carboxylic acids is 1. The van der Waals surface area contributed by atoms with Crippen LogP contribution in [0.3, 0.4) is 0 Å². The number of benzene rings is 1. The molecule has 0 atom stereocenters. The molecule has 2 N–H and O–H groups in total. The molecule has 0 amide bonds. The number of thiocarbonyl (C=S) groups is 1. The molecular formula is C13H15BrClN3O3S. The molecule has 0 fully saturated rings. The van der Waals surface area contributed by atoms with Gasteiger partial charge in [0.25, 0.3) is 0 Å². The molecule has 0 unspecified atom stereocenters. The van der Waals surface area contributed by atoms with Crippen LogP contribution in [0.15, 0.2) is 21.7 Å². The number of hydrogen-bond acceptors (Lipinski definition) is 5. The van der Waals surface area contributed by atoms with Gasteiger partial charge in [0.2, 0.25) is 0 Å². The Bertz CT molecular complexity index is 561. The number of esters is 1. The summed E-state index contributed by atoms with van der Waals surface area (Å²) in [5, 5.41) is 7.66. The standard InChI is InChI=1S/C13H15BrClN3O3S/c1-3-16-13(22)18-17-6-8-4-9(14)12(10(15)5-8)21-7-11(19)20-2/h4-6H,3,7H2,1-2H3,(H2,16,18,22)/b17-6-. The molecule has 0 spiro atoms. The number of ether oxygens (including phenoxy) is 2. The van der Waals surface area contributed by atoms with Gasteiger partial charge < -0.3 is 14.8 Å². The van der Waals surface area contributed by atoms with E-state index >= 15 is 0 Å². The van der Waals surface area contributed by atoms with Crippen molar-refractivity contribution < 1.29 is 14.3 Å². The van der Waals surface area contributed by atoms with Crippen molar-refractivity contribution in [2.45, 2.75) is 6.92 Å². The normalized spacial score (nSPS) is 10.4. The largest absolute Gasteiger partial charge is 0.479 e. The zero-order valence-corrected chi connectivity index (χ0v) is 15.1. The molecule has 9 heteroatoms. The predicted octanol–water partition coefficient (Wildman–Crippen LogP) is 2.47. The second kappa shape index (κ2) is 9.60. The number of halogens is 2. The van der Waals surface area contributed by atoms with Gasteiger partial charge in [0.15, 0.2) is 17.5 Å². The highest BCUT2D eigenvalue weighted by atomic mass is 79.9. The minimum absolute atomic E-state index is 0.221. The molecule has 0 aromatic heterocycles. The lowest BCUT2D eigenvalue weighted by Gasteiger charge is -2.10. The summed E-state index contributed by atoms with van der Waals surface area (Å²) in [5.41, 5.74) is 3.40. The highest BCUT2D eigenvalue weighted by Gasteiger charge is 2.11. The van der Waals surface area contributed by atoms with Crippen molar-refractivity contribution in [3.8, 4) is 5.75 Å². The summed E-state index contributed by atoms with van der Waals surface area (Å²) in [6.45, 7) is 2.42. The van der Waals surface area contributed by atoms with Crippen LogP contribution in [0.2, 0.25) is 5.02 Å². The maximum atomic E-state index is 11.1. The molecule has 0 bridgehead atoms. The fourth-order valence-corrected chi connectivity index (χ4v) is 2.53. The third-order valence-corrected chi connectivity index (χ3v) is 3.41. The smallest absolute Gasteiger partial charge is 0.343 e. The average molecular weight is 409 g/mol. The van der Waals surface area contributed by atoms with Gasteiger partial charge in [-0.3, -0.25) is 5.43 Å². The van der Waals surface area contributed by atoms with Gasteiger partial charge in [0.05, 0.1) is 22.8 Å². The van der Waals surface area contributed by atoms with Crippen LogP contribution in [0.5, 0.6) is 5.75 Å². The summed E-state index contributed by atoms with van der Waals surface area (Å²) in [6, 6.07) is 3.40.